The molecule has 2 aromatic carbocycles. The fourth-order valence-corrected chi connectivity index (χ4v) is 9.07. The van der Waals surface area contributed by atoms with Crippen LogP contribution in [0.4, 0.5) is 0 Å². The topological polar surface area (TPSA) is 88.1 Å². The minimum atomic E-state index is -3.83. The SMILES string of the molecule is COc1cc(C)ccc1/C=N/NC(=O)[C@@H]1CC2(CN1S(=O)(=O)c1ccc(C)cc1)SCCS2. The first-order valence-electron chi connectivity index (χ1n) is 10.6. The van der Waals surface area contributed by atoms with Crippen molar-refractivity contribution in [2.75, 3.05) is 25.2 Å². The Kier molecular flexibility index (Phi) is 7.09. The van der Waals surface area contributed by atoms with Gasteiger partial charge in [0.2, 0.25) is 10.0 Å². The Hall–Kier alpha value is -2.01. The van der Waals surface area contributed by atoms with E-state index in [0.717, 1.165) is 28.2 Å². The second kappa shape index (κ2) is 9.69. The first-order chi connectivity index (χ1) is 15.7. The van der Waals surface area contributed by atoms with Gasteiger partial charge in [-0.05, 0) is 50.1 Å². The van der Waals surface area contributed by atoms with E-state index in [0.29, 0.717) is 18.7 Å². The molecule has 2 aliphatic rings. The third kappa shape index (κ3) is 5.08. The van der Waals surface area contributed by atoms with E-state index in [9.17, 15) is 13.2 Å². The zero-order chi connectivity index (χ0) is 23.6. The first-order valence-corrected chi connectivity index (χ1v) is 14.0. The van der Waals surface area contributed by atoms with E-state index in [-0.39, 0.29) is 8.97 Å². The highest BCUT2D eigenvalue weighted by Gasteiger charge is 2.53. The maximum Gasteiger partial charge on any atom is 0.258 e. The fourth-order valence-electron chi connectivity index (χ4n) is 4.00. The predicted octanol–water partition coefficient (Wildman–Crippen LogP) is 3.40. The van der Waals surface area contributed by atoms with Crippen LogP contribution in [0.2, 0.25) is 0 Å². The van der Waals surface area contributed by atoms with Gasteiger partial charge in [0.25, 0.3) is 5.91 Å². The molecule has 176 valence electrons. The molecule has 0 aromatic heterocycles. The molecular formula is C23H27N3O4S3. The van der Waals surface area contributed by atoms with Crippen molar-refractivity contribution in [1.29, 1.82) is 0 Å². The molecule has 33 heavy (non-hydrogen) atoms. The van der Waals surface area contributed by atoms with Crippen molar-refractivity contribution in [3.63, 3.8) is 0 Å². The van der Waals surface area contributed by atoms with E-state index in [2.05, 4.69) is 10.5 Å². The first kappa shape index (κ1) is 24.1. The molecule has 2 fully saturated rings. The Morgan fingerprint density at radius 2 is 1.82 bits per heavy atom. The highest BCUT2D eigenvalue weighted by molar-refractivity contribution is 8.21. The standard InChI is InChI=1S/C23H27N3O4S3/c1-16-5-8-19(9-6-16)33(28,29)26-15-23(31-10-11-32-23)13-20(26)22(27)25-24-14-18-7-4-17(2)12-21(18)30-3/h4-9,12,14,20H,10-11,13,15H2,1-3H3,(H,25,27)/b24-14+/t20-/m0/s1. The monoisotopic (exact) mass is 505 g/mol. The number of carbonyl (C=O) groups excluding carboxylic acids is 1. The average molecular weight is 506 g/mol. The Morgan fingerprint density at radius 3 is 2.48 bits per heavy atom. The second-order valence-corrected chi connectivity index (χ2v) is 13.3. The highest BCUT2D eigenvalue weighted by Crippen LogP contribution is 2.52. The molecule has 2 saturated heterocycles. The summed E-state index contributed by atoms with van der Waals surface area (Å²) in [6.45, 7) is 4.17. The third-order valence-electron chi connectivity index (χ3n) is 5.76. The van der Waals surface area contributed by atoms with Crippen LogP contribution in [0.5, 0.6) is 5.75 Å². The maximum atomic E-state index is 13.5. The Bertz CT molecular complexity index is 1160. The van der Waals surface area contributed by atoms with E-state index in [1.807, 2.05) is 32.0 Å². The van der Waals surface area contributed by atoms with E-state index in [1.165, 1.54) is 10.5 Å². The van der Waals surface area contributed by atoms with Crippen molar-refractivity contribution in [1.82, 2.24) is 9.73 Å². The molecule has 0 bridgehead atoms. The average Bonchev–Trinajstić information content (AvgIpc) is 3.42. The van der Waals surface area contributed by atoms with Gasteiger partial charge in [-0.25, -0.2) is 13.8 Å². The van der Waals surface area contributed by atoms with Gasteiger partial charge in [0.05, 0.1) is 22.3 Å². The smallest absolute Gasteiger partial charge is 0.258 e. The molecule has 1 spiro atoms. The minimum Gasteiger partial charge on any atom is -0.496 e. The highest BCUT2D eigenvalue weighted by atomic mass is 32.2. The minimum absolute atomic E-state index is 0.198. The molecule has 0 radical (unpaired) electrons. The molecule has 10 heteroatoms. The van der Waals surface area contributed by atoms with Gasteiger partial charge in [-0.3, -0.25) is 4.79 Å². The lowest BCUT2D eigenvalue weighted by atomic mass is 10.1. The number of sulfonamides is 1. The summed E-state index contributed by atoms with van der Waals surface area (Å²) in [5.74, 6) is 2.11. The summed E-state index contributed by atoms with van der Waals surface area (Å²) in [4.78, 5) is 13.3. The van der Waals surface area contributed by atoms with Crippen molar-refractivity contribution in [3.8, 4) is 5.75 Å². The summed E-state index contributed by atoms with van der Waals surface area (Å²) in [6.07, 6.45) is 1.96. The number of ether oxygens (including phenoxy) is 1. The largest absolute Gasteiger partial charge is 0.496 e. The van der Waals surface area contributed by atoms with Gasteiger partial charge in [0, 0.05) is 23.6 Å². The second-order valence-electron chi connectivity index (χ2n) is 8.17. The quantitative estimate of drug-likeness (QED) is 0.478. The zero-order valence-corrected chi connectivity index (χ0v) is 21.2. The van der Waals surface area contributed by atoms with Crippen molar-refractivity contribution in [2.24, 2.45) is 5.10 Å². The van der Waals surface area contributed by atoms with E-state index < -0.39 is 22.0 Å². The Labute approximate surface area is 203 Å². The molecule has 0 unspecified atom stereocenters. The lowest BCUT2D eigenvalue weighted by Crippen LogP contribution is -2.44. The normalized spacial score (nSPS) is 20.5. The number of rotatable bonds is 6. The van der Waals surface area contributed by atoms with Gasteiger partial charge in [0.1, 0.15) is 11.8 Å². The molecule has 4 rings (SSSR count). The molecular weight excluding hydrogens is 478 g/mol. The number of carbonyl (C=O) groups is 1. The van der Waals surface area contributed by atoms with Crippen LogP contribution in [0.1, 0.15) is 23.1 Å². The molecule has 2 heterocycles. The number of hydrazone groups is 1. The Balaban J connectivity index is 1.57. The van der Waals surface area contributed by atoms with Crippen LogP contribution >= 0.6 is 23.5 Å². The van der Waals surface area contributed by atoms with Crippen molar-refractivity contribution in [2.45, 2.75) is 35.3 Å². The van der Waals surface area contributed by atoms with E-state index >= 15 is 0 Å². The van der Waals surface area contributed by atoms with Gasteiger partial charge in [-0.15, -0.1) is 23.5 Å². The summed E-state index contributed by atoms with van der Waals surface area (Å²) < 4.78 is 33.4. The Morgan fingerprint density at radius 1 is 1.15 bits per heavy atom. The number of methoxy groups -OCH3 is 1. The number of nitrogens with zero attached hydrogens (tertiary/aromatic N) is 2. The van der Waals surface area contributed by atoms with Crippen LogP contribution in [0.3, 0.4) is 0 Å². The van der Waals surface area contributed by atoms with Crippen LogP contribution in [-0.2, 0) is 14.8 Å². The van der Waals surface area contributed by atoms with Crippen LogP contribution in [0.15, 0.2) is 52.5 Å². The number of benzene rings is 2. The molecule has 1 amide bonds. The number of aryl methyl sites for hydroxylation is 2. The molecule has 0 aliphatic carbocycles. The molecule has 0 saturated carbocycles. The molecule has 2 aromatic rings. The van der Waals surface area contributed by atoms with Crippen molar-refractivity contribution in [3.05, 3.63) is 59.2 Å². The summed E-state index contributed by atoms with van der Waals surface area (Å²) in [7, 11) is -2.25. The number of thioether (sulfide) groups is 2. The van der Waals surface area contributed by atoms with Gasteiger partial charge in [0.15, 0.2) is 0 Å². The van der Waals surface area contributed by atoms with Crippen LogP contribution in [0.25, 0.3) is 0 Å². The van der Waals surface area contributed by atoms with Gasteiger partial charge < -0.3 is 4.74 Å². The van der Waals surface area contributed by atoms with Crippen molar-refractivity contribution < 1.29 is 17.9 Å². The maximum absolute atomic E-state index is 13.5. The zero-order valence-electron chi connectivity index (χ0n) is 18.8. The molecule has 1 atom stereocenters. The lowest BCUT2D eigenvalue weighted by Gasteiger charge is -2.23. The number of hydrogen-bond donors (Lipinski definition) is 1. The lowest BCUT2D eigenvalue weighted by molar-refractivity contribution is -0.124. The number of hydrogen-bond acceptors (Lipinski definition) is 7. The molecule has 2 aliphatic heterocycles. The number of nitrogens with one attached hydrogen (secondary N) is 1. The fraction of sp³-hybridized carbons (Fsp3) is 0.391. The van der Waals surface area contributed by atoms with Crippen LogP contribution < -0.4 is 10.2 Å². The van der Waals surface area contributed by atoms with Gasteiger partial charge >= 0.3 is 0 Å². The summed E-state index contributed by atoms with van der Waals surface area (Å²) >= 11 is 3.48. The van der Waals surface area contributed by atoms with Crippen LogP contribution in [0, 0.1) is 13.8 Å². The van der Waals surface area contributed by atoms with Gasteiger partial charge in [-0.1, -0.05) is 23.8 Å². The summed E-state index contributed by atoms with van der Waals surface area (Å²) in [5, 5.41) is 4.10. The predicted molar refractivity (Wildman–Crippen MR) is 135 cm³/mol. The van der Waals surface area contributed by atoms with E-state index in [1.54, 1.807) is 54.9 Å². The van der Waals surface area contributed by atoms with Crippen molar-refractivity contribution >= 4 is 45.7 Å². The molecule has 1 N–H and O–H groups in total. The summed E-state index contributed by atoms with van der Waals surface area (Å²) in [6, 6.07) is 11.6. The van der Waals surface area contributed by atoms with Gasteiger partial charge in [-0.2, -0.15) is 9.41 Å². The molecule has 7 nitrogen and oxygen atoms in total. The van der Waals surface area contributed by atoms with Crippen LogP contribution in [-0.4, -0.2) is 60.1 Å². The summed E-state index contributed by atoms with van der Waals surface area (Å²) in [5.41, 5.74) is 5.30. The number of amides is 1. The third-order valence-corrected chi connectivity index (χ3v) is 11.1. The van der Waals surface area contributed by atoms with E-state index in [4.69, 9.17) is 4.74 Å².